The minimum absolute atomic E-state index is 0.240. The molecule has 0 aliphatic heterocycles. The van der Waals surface area contributed by atoms with E-state index in [1.807, 2.05) is 25.5 Å². The van der Waals surface area contributed by atoms with Crippen molar-refractivity contribution in [2.75, 3.05) is 7.05 Å². The van der Waals surface area contributed by atoms with Crippen LogP contribution in [0.4, 0.5) is 4.39 Å². The number of aromatic nitrogens is 2. The zero-order valence-corrected chi connectivity index (χ0v) is 20.3. The molecule has 174 valence electrons. The van der Waals surface area contributed by atoms with E-state index in [0.717, 1.165) is 22.5 Å². The van der Waals surface area contributed by atoms with Gasteiger partial charge in [0, 0.05) is 42.1 Å². The molecule has 0 unspecified atom stereocenters. The number of hydrogen-bond acceptors (Lipinski definition) is 2. The maximum absolute atomic E-state index is 14.4. The number of nitrogens with zero attached hydrogens (tertiary/aromatic N) is 3. The number of halogens is 1. The molecule has 2 aliphatic carbocycles. The molecule has 2 heterocycles. The lowest BCUT2D eigenvalue weighted by molar-refractivity contribution is 0.182. The first kappa shape index (κ1) is 22.2. The average Bonchev–Trinajstić information content (AvgIpc) is 3.44. The van der Waals surface area contributed by atoms with Crippen LogP contribution in [-0.2, 0) is 0 Å². The number of rotatable bonds is 5. The zero-order valence-electron chi connectivity index (χ0n) is 20.3. The molecule has 0 amide bonds. The Labute approximate surface area is 197 Å². The molecule has 0 radical (unpaired) electrons. The van der Waals surface area contributed by atoms with E-state index in [9.17, 15) is 4.39 Å². The molecular formula is C29H36FN3. The summed E-state index contributed by atoms with van der Waals surface area (Å²) in [7, 11) is 2.02. The number of benzene rings is 1. The van der Waals surface area contributed by atoms with Crippen molar-refractivity contribution in [1.29, 1.82) is 0 Å². The number of hydrogen-bond donors (Lipinski definition) is 0. The maximum Gasteiger partial charge on any atom is 0.124 e. The standard InChI is InChI=1S/C29H36FN3/c1-20(2)32(4)21(3)25-17-23(30)7-8-27(25)33-19-26(24-11-16-31-18-28(24)33)22-9-14-29(15-10-22)12-5-6-13-29/h7-8,11,16-20,22H,3,5-6,9-10,12-15H2,1-2,4H3. The second-order valence-electron chi connectivity index (χ2n) is 10.6. The second kappa shape index (κ2) is 8.62. The highest BCUT2D eigenvalue weighted by molar-refractivity contribution is 5.86. The van der Waals surface area contributed by atoms with Crippen LogP contribution < -0.4 is 0 Å². The Morgan fingerprint density at radius 2 is 1.88 bits per heavy atom. The molecule has 2 fully saturated rings. The lowest BCUT2D eigenvalue weighted by Gasteiger charge is -2.37. The van der Waals surface area contributed by atoms with E-state index >= 15 is 0 Å². The summed E-state index contributed by atoms with van der Waals surface area (Å²) < 4.78 is 16.6. The van der Waals surface area contributed by atoms with Gasteiger partial charge >= 0.3 is 0 Å². The van der Waals surface area contributed by atoms with Gasteiger partial charge in [-0.25, -0.2) is 4.39 Å². The molecule has 0 saturated heterocycles. The maximum atomic E-state index is 14.4. The summed E-state index contributed by atoms with van der Waals surface area (Å²) in [6.45, 7) is 8.57. The third-order valence-corrected chi connectivity index (χ3v) is 8.52. The van der Waals surface area contributed by atoms with Gasteiger partial charge in [-0.15, -0.1) is 0 Å². The van der Waals surface area contributed by atoms with Gasteiger partial charge in [0.2, 0.25) is 0 Å². The number of pyridine rings is 1. The fourth-order valence-electron chi connectivity index (χ4n) is 6.24. The first-order chi connectivity index (χ1) is 15.9. The van der Waals surface area contributed by atoms with Gasteiger partial charge in [-0.1, -0.05) is 19.4 Å². The topological polar surface area (TPSA) is 21.1 Å². The molecule has 2 saturated carbocycles. The molecule has 2 aromatic heterocycles. The van der Waals surface area contributed by atoms with Crippen LogP contribution in [0.5, 0.6) is 0 Å². The summed E-state index contributed by atoms with van der Waals surface area (Å²) in [5.41, 5.74) is 5.74. The third-order valence-electron chi connectivity index (χ3n) is 8.52. The third kappa shape index (κ3) is 3.98. The zero-order chi connectivity index (χ0) is 23.2. The van der Waals surface area contributed by atoms with Gasteiger partial charge < -0.3 is 9.47 Å². The monoisotopic (exact) mass is 445 g/mol. The Hall–Kier alpha value is -2.62. The Balaban J connectivity index is 1.56. The van der Waals surface area contributed by atoms with Crippen LogP contribution in [0.1, 0.15) is 82.3 Å². The molecule has 0 bridgehead atoms. The summed E-state index contributed by atoms with van der Waals surface area (Å²) in [5.74, 6) is 0.337. The van der Waals surface area contributed by atoms with Crippen LogP contribution in [0.3, 0.4) is 0 Å². The van der Waals surface area contributed by atoms with Crippen LogP contribution in [0.2, 0.25) is 0 Å². The molecule has 1 aromatic carbocycles. The normalized spacial score (nSPS) is 18.5. The fraction of sp³-hybridized carbons (Fsp3) is 0.483. The van der Waals surface area contributed by atoms with Crippen LogP contribution in [0.15, 0.2) is 49.4 Å². The van der Waals surface area contributed by atoms with Crippen molar-refractivity contribution < 1.29 is 4.39 Å². The smallest absolute Gasteiger partial charge is 0.124 e. The average molecular weight is 446 g/mol. The predicted molar refractivity (Wildman–Crippen MR) is 135 cm³/mol. The highest BCUT2D eigenvalue weighted by atomic mass is 19.1. The van der Waals surface area contributed by atoms with Crippen molar-refractivity contribution in [3.8, 4) is 5.69 Å². The highest BCUT2D eigenvalue weighted by Gasteiger charge is 2.38. The van der Waals surface area contributed by atoms with Crippen molar-refractivity contribution in [2.24, 2.45) is 5.41 Å². The second-order valence-corrected chi connectivity index (χ2v) is 10.6. The molecule has 33 heavy (non-hydrogen) atoms. The van der Waals surface area contributed by atoms with Gasteiger partial charge in [0.25, 0.3) is 0 Å². The van der Waals surface area contributed by atoms with E-state index in [0.29, 0.717) is 11.3 Å². The van der Waals surface area contributed by atoms with E-state index in [1.54, 1.807) is 12.1 Å². The number of fused-ring (bicyclic) bond motifs is 1. The molecule has 0 atom stereocenters. The first-order valence-electron chi connectivity index (χ1n) is 12.6. The van der Waals surface area contributed by atoms with Crippen LogP contribution >= 0.6 is 0 Å². The molecule has 3 nitrogen and oxygen atoms in total. The Morgan fingerprint density at radius 3 is 2.58 bits per heavy atom. The summed E-state index contributed by atoms with van der Waals surface area (Å²) in [6, 6.07) is 7.47. The molecule has 4 heteroatoms. The van der Waals surface area contributed by atoms with Gasteiger partial charge in [-0.2, -0.15) is 0 Å². The molecule has 2 aliphatic rings. The lowest BCUT2D eigenvalue weighted by atomic mass is 9.68. The Morgan fingerprint density at radius 1 is 1.15 bits per heavy atom. The van der Waals surface area contributed by atoms with Gasteiger partial charge in [0.15, 0.2) is 0 Å². The summed E-state index contributed by atoms with van der Waals surface area (Å²) >= 11 is 0. The predicted octanol–water partition coefficient (Wildman–Crippen LogP) is 7.69. The molecular weight excluding hydrogens is 409 g/mol. The van der Waals surface area contributed by atoms with E-state index in [4.69, 9.17) is 0 Å². The van der Waals surface area contributed by atoms with E-state index in [2.05, 4.69) is 47.1 Å². The fourth-order valence-corrected chi connectivity index (χ4v) is 6.24. The van der Waals surface area contributed by atoms with Crippen LogP contribution in [0.25, 0.3) is 22.3 Å². The van der Waals surface area contributed by atoms with Crippen LogP contribution in [0, 0.1) is 11.2 Å². The van der Waals surface area contributed by atoms with Crippen molar-refractivity contribution in [3.05, 3.63) is 66.4 Å². The van der Waals surface area contributed by atoms with Gasteiger partial charge in [-0.05, 0) is 93.5 Å². The Bertz CT molecular complexity index is 1160. The molecule has 3 aromatic rings. The summed E-state index contributed by atoms with van der Waals surface area (Å²) in [6.07, 6.45) is 17.1. The highest BCUT2D eigenvalue weighted by Crippen LogP contribution is 2.53. The van der Waals surface area contributed by atoms with Crippen molar-refractivity contribution in [3.63, 3.8) is 0 Å². The summed E-state index contributed by atoms with van der Waals surface area (Å²) in [4.78, 5) is 6.55. The van der Waals surface area contributed by atoms with Gasteiger partial charge in [0.05, 0.1) is 17.4 Å². The molecule has 0 N–H and O–H groups in total. The van der Waals surface area contributed by atoms with Crippen molar-refractivity contribution in [2.45, 2.75) is 77.2 Å². The Kier molecular flexibility index (Phi) is 5.80. The van der Waals surface area contributed by atoms with Gasteiger partial charge in [0.1, 0.15) is 5.82 Å². The van der Waals surface area contributed by atoms with Crippen molar-refractivity contribution >= 4 is 16.6 Å². The largest absolute Gasteiger partial charge is 0.372 e. The summed E-state index contributed by atoms with van der Waals surface area (Å²) in [5, 5.41) is 1.27. The quantitative estimate of drug-likeness (QED) is 0.401. The van der Waals surface area contributed by atoms with E-state index in [-0.39, 0.29) is 11.9 Å². The van der Waals surface area contributed by atoms with E-state index in [1.165, 1.54) is 62.3 Å². The first-order valence-corrected chi connectivity index (χ1v) is 12.6. The van der Waals surface area contributed by atoms with Gasteiger partial charge in [-0.3, -0.25) is 4.98 Å². The minimum Gasteiger partial charge on any atom is -0.372 e. The molecule has 1 spiro atoms. The van der Waals surface area contributed by atoms with Crippen LogP contribution in [-0.4, -0.2) is 27.5 Å². The molecule has 5 rings (SSSR count). The SMILES string of the molecule is C=C(c1cc(F)ccc1-n1cc(C2CCC3(CCCC3)CC2)c2ccncc21)N(C)C(C)C. The van der Waals surface area contributed by atoms with E-state index < -0.39 is 0 Å². The minimum atomic E-state index is -0.240. The van der Waals surface area contributed by atoms with Crippen molar-refractivity contribution in [1.82, 2.24) is 14.5 Å². The lowest BCUT2D eigenvalue weighted by Crippen LogP contribution is -2.24.